The Morgan fingerprint density at radius 3 is 2.17 bits per heavy atom. The van der Waals surface area contributed by atoms with Crippen LogP contribution in [0.15, 0.2) is 53.3 Å². The Hall–Kier alpha value is -3.10. The van der Waals surface area contributed by atoms with E-state index in [4.69, 9.17) is 4.74 Å². The smallest absolute Gasteiger partial charge is 0.307 e. The van der Waals surface area contributed by atoms with Gasteiger partial charge in [0.15, 0.2) is 0 Å². The van der Waals surface area contributed by atoms with Gasteiger partial charge in [0.1, 0.15) is 11.5 Å². The van der Waals surface area contributed by atoms with Crippen LogP contribution < -0.4 is 14.9 Å². The van der Waals surface area contributed by atoms with E-state index in [0.717, 1.165) is 48.6 Å². The van der Waals surface area contributed by atoms with E-state index < -0.39 is 0 Å². The molecule has 4 rings (SSSR count). The molecule has 3 aromatic rings. The van der Waals surface area contributed by atoms with Crippen LogP contribution in [0.25, 0.3) is 0 Å². The highest BCUT2D eigenvalue weighted by molar-refractivity contribution is 7.09. The number of piperazine rings is 1. The third-order valence-electron chi connectivity index (χ3n) is 4.97. The molecule has 1 fully saturated rings. The fourth-order valence-corrected chi connectivity index (χ4v) is 4.10. The molecule has 0 aliphatic carbocycles. The Labute approximate surface area is 177 Å². The topological polar surface area (TPSA) is 94.7 Å². The van der Waals surface area contributed by atoms with Crippen molar-refractivity contribution in [2.45, 2.75) is 12.8 Å². The second-order valence-corrected chi connectivity index (χ2v) is 8.23. The number of hydrogen-bond donors (Lipinski definition) is 3. The standard InChI is InChI=1S/C22H23N3O4S/c26-20(25-11-9-23-10-12-25)14-16-3-7-18(8-4-16)29-17-5-1-15(2-6-17)13-19-21(27)24-22(28)30-19/h1-8,23,27H,9-14H2,(H,24,28). The fraction of sp³-hybridized carbons (Fsp3) is 0.273. The van der Waals surface area contributed by atoms with Gasteiger partial charge in [0, 0.05) is 32.6 Å². The Morgan fingerprint density at radius 2 is 1.60 bits per heavy atom. The Kier molecular flexibility index (Phi) is 6.15. The number of benzene rings is 2. The minimum absolute atomic E-state index is 0.0687. The molecule has 1 saturated heterocycles. The van der Waals surface area contributed by atoms with Crippen LogP contribution in [-0.2, 0) is 17.6 Å². The van der Waals surface area contributed by atoms with Gasteiger partial charge in [-0.25, -0.2) is 0 Å². The number of hydrogen-bond acceptors (Lipinski definition) is 6. The van der Waals surface area contributed by atoms with E-state index in [1.165, 1.54) is 0 Å². The molecule has 0 radical (unpaired) electrons. The molecule has 0 saturated carbocycles. The van der Waals surface area contributed by atoms with Crippen molar-refractivity contribution in [3.05, 3.63) is 74.2 Å². The molecule has 30 heavy (non-hydrogen) atoms. The van der Waals surface area contributed by atoms with E-state index in [1.54, 1.807) is 0 Å². The largest absolute Gasteiger partial charge is 0.494 e. The highest BCUT2D eigenvalue weighted by Crippen LogP contribution is 2.25. The quantitative estimate of drug-likeness (QED) is 0.564. The molecule has 0 atom stereocenters. The van der Waals surface area contributed by atoms with Crippen LogP contribution in [-0.4, -0.2) is 47.1 Å². The lowest BCUT2D eigenvalue weighted by Gasteiger charge is -2.27. The average Bonchev–Trinajstić information content (AvgIpc) is 3.08. The molecule has 156 valence electrons. The predicted octanol–water partition coefficient (Wildman–Crippen LogP) is 2.50. The maximum atomic E-state index is 12.4. The normalized spacial score (nSPS) is 13.9. The number of carbonyl (C=O) groups is 1. The van der Waals surface area contributed by atoms with Crippen LogP contribution in [0.4, 0.5) is 0 Å². The number of aromatic hydroxyl groups is 1. The van der Waals surface area contributed by atoms with Gasteiger partial charge in [-0.15, -0.1) is 0 Å². The van der Waals surface area contributed by atoms with E-state index in [-0.39, 0.29) is 16.7 Å². The van der Waals surface area contributed by atoms with Crippen LogP contribution in [0.1, 0.15) is 16.0 Å². The van der Waals surface area contributed by atoms with E-state index in [1.807, 2.05) is 53.4 Å². The van der Waals surface area contributed by atoms with Gasteiger partial charge in [0.2, 0.25) is 11.8 Å². The first-order chi connectivity index (χ1) is 14.6. The maximum absolute atomic E-state index is 12.4. The average molecular weight is 426 g/mol. The van der Waals surface area contributed by atoms with Gasteiger partial charge >= 0.3 is 4.87 Å². The first-order valence-electron chi connectivity index (χ1n) is 9.82. The van der Waals surface area contributed by atoms with Gasteiger partial charge in [0.25, 0.3) is 0 Å². The second-order valence-electron chi connectivity index (χ2n) is 7.16. The summed E-state index contributed by atoms with van der Waals surface area (Å²) in [6.07, 6.45) is 0.873. The third kappa shape index (κ3) is 5.08. The molecular weight excluding hydrogens is 402 g/mol. The van der Waals surface area contributed by atoms with Crippen LogP contribution in [0.5, 0.6) is 17.4 Å². The molecule has 0 unspecified atom stereocenters. The molecular formula is C22H23N3O4S. The van der Waals surface area contributed by atoms with Gasteiger partial charge < -0.3 is 20.1 Å². The minimum atomic E-state index is -0.263. The molecule has 8 heteroatoms. The zero-order valence-electron chi connectivity index (χ0n) is 16.4. The molecule has 2 heterocycles. The summed E-state index contributed by atoms with van der Waals surface area (Å²) in [4.78, 5) is 28.3. The fourth-order valence-electron chi connectivity index (χ4n) is 3.34. The maximum Gasteiger partial charge on any atom is 0.307 e. The van der Waals surface area contributed by atoms with Crippen molar-refractivity contribution in [1.82, 2.24) is 15.2 Å². The first-order valence-corrected chi connectivity index (χ1v) is 10.6. The number of aromatic amines is 1. The summed E-state index contributed by atoms with van der Waals surface area (Å²) in [6.45, 7) is 3.23. The van der Waals surface area contributed by atoms with Gasteiger partial charge in [-0.3, -0.25) is 14.6 Å². The number of carbonyl (C=O) groups excluding carboxylic acids is 1. The zero-order valence-corrected chi connectivity index (χ0v) is 17.2. The molecule has 1 aliphatic rings. The lowest BCUT2D eigenvalue weighted by molar-refractivity contribution is -0.131. The molecule has 1 amide bonds. The summed E-state index contributed by atoms with van der Waals surface area (Å²) >= 11 is 1.01. The Morgan fingerprint density at radius 1 is 1.00 bits per heavy atom. The highest BCUT2D eigenvalue weighted by atomic mass is 32.1. The second kappa shape index (κ2) is 9.15. The van der Waals surface area contributed by atoms with Crippen molar-refractivity contribution in [2.75, 3.05) is 26.2 Å². The van der Waals surface area contributed by atoms with Crippen molar-refractivity contribution in [2.24, 2.45) is 0 Å². The molecule has 7 nitrogen and oxygen atoms in total. The van der Waals surface area contributed by atoms with Crippen molar-refractivity contribution in [3.8, 4) is 17.4 Å². The Bertz CT molecular complexity index is 1050. The van der Waals surface area contributed by atoms with E-state index in [0.29, 0.717) is 29.2 Å². The van der Waals surface area contributed by atoms with E-state index in [2.05, 4.69) is 10.3 Å². The summed E-state index contributed by atoms with van der Waals surface area (Å²) in [6, 6.07) is 15.1. The van der Waals surface area contributed by atoms with E-state index in [9.17, 15) is 14.7 Å². The van der Waals surface area contributed by atoms with Crippen LogP contribution >= 0.6 is 11.3 Å². The SMILES string of the molecule is O=C(Cc1ccc(Oc2ccc(Cc3sc(=O)[nH]c3O)cc2)cc1)N1CCNCC1. The van der Waals surface area contributed by atoms with Crippen LogP contribution in [0.2, 0.25) is 0 Å². The number of nitrogens with one attached hydrogen (secondary N) is 2. The molecule has 0 bridgehead atoms. The van der Waals surface area contributed by atoms with E-state index >= 15 is 0 Å². The van der Waals surface area contributed by atoms with Crippen molar-refractivity contribution >= 4 is 17.2 Å². The van der Waals surface area contributed by atoms with Gasteiger partial charge in [-0.1, -0.05) is 35.6 Å². The molecule has 0 spiro atoms. The molecule has 2 aromatic carbocycles. The Balaban J connectivity index is 1.33. The number of nitrogens with zero attached hydrogens (tertiary/aromatic N) is 1. The monoisotopic (exact) mass is 425 g/mol. The third-order valence-corrected chi connectivity index (χ3v) is 5.84. The van der Waals surface area contributed by atoms with Crippen molar-refractivity contribution < 1.29 is 14.6 Å². The first kappa shape index (κ1) is 20.2. The van der Waals surface area contributed by atoms with Crippen LogP contribution in [0, 0.1) is 0 Å². The summed E-state index contributed by atoms with van der Waals surface area (Å²) in [5.41, 5.74) is 1.93. The highest BCUT2D eigenvalue weighted by Gasteiger charge is 2.16. The number of thiazole rings is 1. The number of aromatic nitrogens is 1. The van der Waals surface area contributed by atoms with Crippen LogP contribution in [0.3, 0.4) is 0 Å². The van der Waals surface area contributed by atoms with Gasteiger partial charge in [-0.05, 0) is 35.4 Å². The summed E-state index contributed by atoms with van der Waals surface area (Å²) < 4.78 is 5.88. The van der Waals surface area contributed by atoms with Gasteiger partial charge in [0.05, 0.1) is 11.3 Å². The summed E-state index contributed by atoms with van der Waals surface area (Å²) in [5.74, 6) is 1.47. The lowest BCUT2D eigenvalue weighted by atomic mass is 10.1. The summed E-state index contributed by atoms with van der Waals surface area (Å²) in [5, 5.41) is 12.9. The number of H-pyrrole nitrogens is 1. The van der Waals surface area contributed by atoms with Crippen molar-refractivity contribution in [3.63, 3.8) is 0 Å². The number of rotatable bonds is 6. The number of ether oxygens (including phenoxy) is 1. The molecule has 1 aliphatic heterocycles. The molecule has 1 aromatic heterocycles. The summed E-state index contributed by atoms with van der Waals surface area (Å²) in [7, 11) is 0. The molecule has 3 N–H and O–H groups in total. The predicted molar refractivity (Wildman–Crippen MR) is 116 cm³/mol. The minimum Gasteiger partial charge on any atom is -0.494 e. The number of amides is 1. The van der Waals surface area contributed by atoms with Crippen molar-refractivity contribution in [1.29, 1.82) is 0 Å². The zero-order chi connectivity index (χ0) is 20.9. The van der Waals surface area contributed by atoms with Gasteiger partial charge in [-0.2, -0.15) is 0 Å². The lowest BCUT2D eigenvalue weighted by Crippen LogP contribution is -2.46.